The first-order valence-corrected chi connectivity index (χ1v) is 10.1. The molecular formula is C23H30N2O. The number of rotatable bonds is 6. The molecule has 3 nitrogen and oxygen atoms in total. The first-order chi connectivity index (χ1) is 12.8. The van der Waals surface area contributed by atoms with Crippen LogP contribution < -0.4 is 15.4 Å². The van der Waals surface area contributed by atoms with Crippen LogP contribution in [0.25, 0.3) is 0 Å². The van der Waals surface area contributed by atoms with E-state index in [0.717, 1.165) is 24.4 Å². The Morgan fingerprint density at radius 3 is 2.69 bits per heavy atom. The van der Waals surface area contributed by atoms with Gasteiger partial charge in [-0.2, -0.15) is 0 Å². The molecule has 2 N–H and O–H groups in total. The summed E-state index contributed by atoms with van der Waals surface area (Å²) in [5, 5.41) is 7.07. The Hall–Kier alpha value is -2.00. The molecule has 1 fully saturated rings. The average molecular weight is 351 g/mol. The van der Waals surface area contributed by atoms with Gasteiger partial charge in [0.1, 0.15) is 5.75 Å². The summed E-state index contributed by atoms with van der Waals surface area (Å²) in [7, 11) is 0. The van der Waals surface area contributed by atoms with Gasteiger partial charge in [-0.25, -0.2) is 0 Å². The molecule has 0 amide bonds. The molecule has 0 saturated heterocycles. The van der Waals surface area contributed by atoms with Crippen molar-refractivity contribution in [2.45, 2.75) is 51.0 Å². The molecule has 0 radical (unpaired) electrons. The summed E-state index contributed by atoms with van der Waals surface area (Å²) in [6.07, 6.45) is 6.26. The lowest BCUT2D eigenvalue weighted by Crippen LogP contribution is -2.36. The zero-order valence-corrected chi connectivity index (χ0v) is 15.7. The topological polar surface area (TPSA) is 33.3 Å². The van der Waals surface area contributed by atoms with Gasteiger partial charge >= 0.3 is 0 Å². The maximum Gasteiger partial charge on any atom is 0.159 e. The van der Waals surface area contributed by atoms with Gasteiger partial charge in [0.05, 0.1) is 5.69 Å². The smallest absolute Gasteiger partial charge is 0.159 e. The van der Waals surface area contributed by atoms with E-state index in [0.29, 0.717) is 24.6 Å². The van der Waals surface area contributed by atoms with Crippen molar-refractivity contribution in [3.8, 4) is 5.75 Å². The molecule has 26 heavy (non-hydrogen) atoms. The Morgan fingerprint density at radius 1 is 1.08 bits per heavy atom. The third-order valence-electron chi connectivity index (χ3n) is 5.88. The van der Waals surface area contributed by atoms with Gasteiger partial charge in [-0.1, -0.05) is 43.3 Å². The van der Waals surface area contributed by atoms with Crippen LogP contribution in [0.15, 0.2) is 48.5 Å². The van der Waals surface area contributed by atoms with Gasteiger partial charge in [0.25, 0.3) is 0 Å². The number of hydrogen-bond donors (Lipinski definition) is 2. The zero-order valence-electron chi connectivity index (χ0n) is 15.7. The lowest BCUT2D eigenvalue weighted by Gasteiger charge is -2.30. The Balaban J connectivity index is 1.22. The van der Waals surface area contributed by atoms with Crippen LogP contribution in [0.3, 0.4) is 0 Å². The highest BCUT2D eigenvalue weighted by atomic mass is 16.5. The third kappa shape index (κ3) is 4.21. The fourth-order valence-electron chi connectivity index (χ4n) is 4.34. The van der Waals surface area contributed by atoms with Crippen molar-refractivity contribution in [3.63, 3.8) is 0 Å². The maximum atomic E-state index is 5.64. The van der Waals surface area contributed by atoms with Gasteiger partial charge in [-0.3, -0.25) is 0 Å². The summed E-state index contributed by atoms with van der Waals surface area (Å²) in [6, 6.07) is 18.2. The Bertz CT molecular complexity index is 707. The average Bonchev–Trinajstić information content (AvgIpc) is 3.15. The second-order valence-electron chi connectivity index (χ2n) is 7.97. The molecule has 1 atom stereocenters. The van der Waals surface area contributed by atoms with Crippen LogP contribution in [0.4, 0.5) is 5.69 Å². The summed E-state index contributed by atoms with van der Waals surface area (Å²) in [4.78, 5) is 0. The summed E-state index contributed by atoms with van der Waals surface area (Å²) in [5.41, 5.74) is 4.03. The van der Waals surface area contributed by atoms with Gasteiger partial charge in [0.15, 0.2) is 6.73 Å². The molecule has 1 heterocycles. The number of anilines is 1. The van der Waals surface area contributed by atoms with Crippen LogP contribution in [-0.4, -0.2) is 19.3 Å². The lowest BCUT2D eigenvalue weighted by molar-refractivity contribution is 0.326. The number of fused-ring (bicyclic) bond motifs is 1. The van der Waals surface area contributed by atoms with Crippen molar-refractivity contribution < 1.29 is 4.74 Å². The zero-order chi connectivity index (χ0) is 17.8. The van der Waals surface area contributed by atoms with E-state index < -0.39 is 0 Å². The second-order valence-corrected chi connectivity index (χ2v) is 7.97. The van der Waals surface area contributed by atoms with Crippen molar-refractivity contribution in [2.75, 3.05) is 18.6 Å². The molecule has 2 aliphatic rings. The van der Waals surface area contributed by atoms with E-state index >= 15 is 0 Å². The lowest BCUT2D eigenvalue weighted by atomic mass is 9.81. The van der Waals surface area contributed by atoms with E-state index in [1.165, 1.54) is 36.8 Å². The van der Waals surface area contributed by atoms with E-state index in [4.69, 9.17) is 4.74 Å². The molecular weight excluding hydrogens is 320 g/mol. The fourth-order valence-corrected chi connectivity index (χ4v) is 4.34. The normalized spacial score (nSPS) is 23.0. The Kier molecular flexibility index (Phi) is 5.45. The summed E-state index contributed by atoms with van der Waals surface area (Å²) in [6.45, 7) is 4.07. The van der Waals surface area contributed by atoms with Gasteiger partial charge in [-0.15, -0.1) is 0 Å². The van der Waals surface area contributed by atoms with E-state index in [1.54, 1.807) is 0 Å². The van der Waals surface area contributed by atoms with Crippen LogP contribution in [0.2, 0.25) is 0 Å². The number of nitrogens with one attached hydrogen (secondary N) is 2. The molecule has 1 aliphatic carbocycles. The quantitative estimate of drug-likeness (QED) is 0.774. The predicted octanol–water partition coefficient (Wildman–Crippen LogP) is 4.94. The van der Waals surface area contributed by atoms with Gasteiger partial charge in [0.2, 0.25) is 0 Å². The summed E-state index contributed by atoms with van der Waals surface area (Å²) >= 11 is 0. The highest BCUT2D eigenvalue weighted by Gasteiger charge is 2.24. The molecule has 0 spiro atoms. The molecule has 0 bridgehead atoms. The molecule has 138 valence electrons. The van der Waals surface area contributed by atoms with Crippen LogP contribution in [0, 0.1) is 5.92 Å². The Labute approximate surface area is 157 Å². The molecule has 2 aromatic carbocycles. The van der Waals surface area contributed by atoms with Crippen LogP contribution in [-0.2, 0) is 6.42 Å². The monoisotopic (exact) mass is 350 g/mol. The van der Waals surface area contributed by atoms with Gasteiger partial charge in [0, 0.05) is 6.04 Å². The number of benzene rings is 2. The molecule has 1 aliphatic heterocycles. The first kappa shape index (κ1) is 17.4. The molecule has 2 aromatic rings. The maximum absolute atomic E-state index is 5.64. The van der Waals surface area contributed by atoms with Crippen LogP contribution in [0.5, 0.6) is 5.75 Å². The molecule has 0 aromatic heterocycles. The minimum atomic E-state index is 0.608. The molecule has 1 saturated carbocycles. The summed E-state index contributed by atoms with van der Waals surface area (Å²) < 4.78 is 5.64. The van der Waals surface area contributed by atoms with E-state index in [9.17, 15) is 0 Å². The van der Waals surface area contributed by atoms with Gasteiger partial charge < -0.3 is 15.4 Å². The minimum absolute atomic E-state index is 0.608. The number of ether oxygens (including phenoxy) is 1. The van der Waals surface area contributed by atoms with Crippen LogP contribution in [0.1, 0.15) is 49.7 Å². The van der Waals surface area contributed by atoms with Crippen molar-refractivity contribution >= 4 is 5.69 Å². The first-order valence-electron chi connectivity index (χ1n) is 10.1. The van der Waals surface area contributed by atoms with Crippen molar-refractivity contribution in [3.05, 3.63) is 59.7 Å². The predicted molar refractivity (Wildman–Crippen MR) is 108 cm³/mol. The number of hydrogen-bond acceptors (Lipinski definition) is 3. The van der Waals surface area contributed by atoms with E-state index in [2.05, 4.69) is 66.1 Å². The Morgan fingerprint density at radius 2 is 1.88 bits per heavy atom. The van der Waals surface area contributed by atoms with Crippen molar-refractivity contribution in [1.29, 1.82) is 0 Å². The van der Waals surface area contributed by atoms with Crippen molar-refractivity contribution in [1.82, 2.24) is 5.32 Å². The molecule has 3 heteroatoms. The molecule has 1 unspecified atom stereocenters. The third-order valence-corrected chi connectivity index (χ3v) is 5.88. The fraction of sp³-hybridized carbons (Fsp3) is 0.478. The highest BCUT2D eigenvalue weighted by Crippen LogP contribution is 2.38. The standard InChI is InChI=1S/C23H30N2O/c1-17(13-18-5-3-2-4-6-18)15-24-21-10-7-19(8-11-21)20-9-12-22-23(14-20)26-16-25-22/h2-6,9,12,14,17,19,21,24-25H,7-8,10-11,13,15-16H2,1H3. The largest absolute Gasteiger partial charge is 0.471 e. The van der Waals surface area contributed by atoms with E-state index in [1.807, 2.05) is 0 Å². The SMILES string of the molecule is CC(CNC1CCC(c2ccc3c(c2)OCN3)CC1)Cc1ccccc1. The van der Waals surface area contributed by atoms with Crippen LogP contribution >= 0.6 is 0 Å². The second kappa shape index (κ2) is 8.13. The summed E-state index contributed by atoms with van der Waals surface area (Å²) in [5.74, 6) is 2.39. The molecule has 4 rings (SSSR count). The highest BCUT2D eigenvalue weighted by molar-refractivity contribution is 5.60. The minimum Gasteiger partial charge on any atom is -0.471 e. The van der Waals surface area contributed by atoms with E-state index in [-0.39, 0.29) is 0 Å². The van der Waals surface area contributed by atoms with Crippen molar-refractivity contribution in [2.24, 2.45) is 5.92 Å². The van der Waals surface area contributed by atoms with Gasteiger partial charge in [-0.05, 0) is 73.7 Å².